The molecule has 0 radical (unpaired) electrons. The lowest BCUT2D eigenvalue weighted by Gasteiger charge is -2.39. The molecule has 0 spiro atoms. The number of benzene rings is 1. The van der Waals surface area contributed by atoms with E-state index in [1.54, 1.807) is 19.0 Å². The van der Waals surface area contributed by atoms with Gasteiger partial charge in [-0.1, -0.05) is 49.1 Å². The Morgan fingerprint density at radius 2 is 1.70 bits per heavy atom. The fourth-order valence-corrected chi connectivity index (χ4v) is 3.15. The summed E-state index contributed by atoms with van der Waals surface area (Å²) < 4.78 is 0. The summed E-state index contributed by atoms with van der Waals surface area (Å²) in [5.41, 5.74) is 1.20. The zero-order valence-electron chi connectivity index (χ0n) is 12.7. The topological polar surface area (TPSA) is 40.5 Å². The molecule has 0 saturated heterocycles. The second-order valence-electron chi connectivity index (χ2n) is 6.24. The molecule has 0 aliphatic heterocycles. The molecule has 1 atom stereocenters. The van der Waals surface area contributed by atoms with Gasteiger partial charge in [-0.05, 0) is 25.3 Å². The summed E-state index contributed by atoms with van der Waals surface area (Å²) in [4.78, 5) is 14.2. The lowest BCUT2D eigenvalue weighted by molar-refractivity contribution is -0.139. The second-order valence-corrected chi connectivity index (χ2v) is 6.24. The molecule has 1 fully saturated rings. The molecule has 20 heavy (non-hydrogen) atoms. The van der Waals surface area contributed by atoms with E-state index in [4.69, 9.17) is 0 Å². The minimum Gasteiger partial charge on any atom is -0.389 e. The van der Waals surface area contributed by atoms with E-state index in [1.807, 2.05) is 31.2 Å². The Morgan fingerprint density at radius 3 is 2.20 bits per heavy atom. The number of amides is 1. The third-order valence-electron chi connectivity index (χ3n) is 4.36. The number of rotatable bonds is 3. The van der Waals surface area contributed by atoms with Crippen molar-refractivity contribution < 1.29 is 9.90 Å². The van der Waals surface area contributed by atoms with Crippen molar-refractivity contribution in [3.8, 4) is 0 Å². The Labute approximate surface area is 121 Å². The van der Waals surface area contributed by atoms with Crippen LogP contribution in [-0.2, 0) is 4.79 Å². The maximum absolute atomic E-state index is 12.6. The highest BCUT2D eigenvalue weighted by atomic mass is 16.3. The molecule has 1 aromatic carbocycles. The molecule has 0 aromatic heterocycles. The Morgan fingerprint density at radius 1 is 1.15 bits per heavy atom. The van der Waals surface area contributed by atoms with Crippen LogP contribution in [0.3, 0.4) is 0 Å². The first-order chi connectivity index (χ1) is 9.44. The first-order valence-electron chi connectivity index (χ1n) is 7.44. The van der Waals surface area contributed by atoms with Crippen molar-refractivity contribution in [3.63, 3.8) is 0 Å². The summed E-state index contributed by atoms with van der Waals surface area (Å²) >= 11 is 0. The number of carbonyl (C=O) groups excluding carboxylic acids is 1. The summed E-state index contributed by atoms with van der Waals surface area (Å²) in [6, 6.07) is 7.98. The quantitative estimate of drug-likeness (QED) is 0.921. The summed E-state index contributed by atoms with van der Waals surface area (Å²) in [6.07, 6.45) is 4.58. The molecular weight excluding hydrogens is 250 g/mol. The third kappa shape index (κ3) is 3.04. The number of aliphatic hydroxyl groups is 1. The van der Waals surface area contributed by atoms with Crippen molar-refractivity contribution in [3.05, 3.63) is 35.4 Å². The van der Waals surface area contributed by atoms with Crippen LogP contribution in [-0.4, -0.2) is 35.6 Å². The van der Waals surface area contributed by atoms with Gasteiger partial charge in [0.05, 0.1) is 11.5 Å². The van der Waals surface area contributed by atoms with E-state index in [2.05, 4.69) is 0 Å². The molecule has 1 amide bonds. The minimum atomic E-state index is -0.894. The predicted molar refractivity (Wildman–Crippen MR) is 80.6 cm³/mol. The van der Waals surface area contributed by atoms with E-state index in [9.17, 15) is 9.90 Å². The van der Waals surface area contributed by atoms with Crippen LogP contribution < -0.4 is 0 Å². The molecule has 110 valence electrons. The molecule has 1 aliphatic rings. The molecule has 1 unspecified atom stereocenters. The minimum absolute atomic E-state index is 0.00162. The first-order valence-corrected chi connectivity index (χ1v) is 7.44. The highest BCUT2D eigenvalue weighted by molar-refractivity contribution is 5.84. The number of hydrogen-bond donors (Lipinski definition) is 1. The van der Waals surface area contributed by atoms with Crippen molar-refractivity contribution in [2.45, 2.75) is 50.5 Å². The van der Waals surface area contributed by atoms with E-state index in [1.165, 1.54) is 5.56 Å². The lowest BCUT2D eigenvalue weighted by atomic mass is 9.72. The largest absolute Gasteiger partial charge is 0.389 e. The van der Waals surface area contributed by atoms with Crippen LogP contribution in [0.2, 0.25) is 0 Å². The van der Waals surface area contributed by atoms with Crippen molar-refractivity contribution in [1.82, 2.24) is 4.90 Å². The maximum atomic E-state index is 12.6. The van der Waals surface area contributed by atoms with Crippen molar-refractivity contribution >= 4 is 5.91 Å². The zero-order valence-corrected chi connectivity index (χ0v) is 12.7. The van der Waals surface area contributed by atoms with Gasteiger partial charge in [0.1, 0.15) is 0 Å². The Balaban J connectivity index is 2.38. The molecule has 3 nitrogen and oxygen atoms in total. The van der Waals surface area contributed by atoms with E-state index in [0.717, 1.165) is 24.8 Å². The maximum Gasteiger partial charge on any atom is 0.232 e. The standard InChI is InChI=1S/C17H25NO2/c1-13-7-9-14(10-8-13)15(16(19)18(2)3)17(20)11-5-4-6-12-17/h7-10,15,20H,4-6,11-12H2,1-3H3. The van der Waals surface area contributed by atoms with E-state index >= 15 is 0 Å². The number of carbonyl (C=O) groups is 1. The number of aryl methyl sites for hydroxylation is 1. The summed E-state index contributed by atoms with van der Waals surface area (Å²) in [5.74, 6) is -0.448. The lowest BCUT2D eigenvalue weighted by Crippen LogP contribution is -2.46. The van der Waals surface area contributed by atoms with E-state index in [0.29, 0.717) is 12.8 Å². The van der Waals surface area contributed by atoms with Gasteiger partial charge in [0.15, 0.2) is 0 Å². The second kappa shape index (κ2) is 5.96. The van der Waals surface area contributed by atoms with Crippen molar-refractivity contribution in [1.29, 1.82) is 0 Å². The zero-order chi connectivity index (χ0) is 14.8. The average Bonchev–Trinajstić information content (AvgIpc) is 2.41. The van der Waals surface area contributed by atoms with Crippen LogP contribution in [0.1, 0.15) is 49.1 Å². The molecule has 1 aromatic rings. The van der Waals surface area contributed by atoms with Gasteiger partial charge in [-0.25, -0.2) is 0 Å². The SMILES string of the molecule is Cc1ccc(C(C(=O)N(C)C)C2(O)CCCCC2)cc1. The Hall–Kier alpha value is -1.35. The summed E-state index contributed by atoms with van der Waals surface area (Å²) in [6.45, 7) is 2.03. The van der Waals surface area contributed by atoms with Crippen molar-refractivity contribution in [2.24, 2.45) is 0 Å². The smallest absolute Gasteiger partial charge is 0.232 e. The molecule has 1 aliphatic carbocycles. The van der Waals surface area contributed by atoms with Crippen LogP contribution in [0.4, 0.5) is 0 Å². The van der Waals surface area contributed by atoms with Gasteiger partial charge in [0.25, 0.3) is 0 Å². The van der Waals surface area contributed by atoms with E-state index in [-0.39, 0.29) is 5.91 Å². The Bertz CT molecular complexity index is 458. The summed E-state index contributed by atoms with van der Waals surface area (Å²) in [7, 11) is 3.52. The molecule has 2 rings (SSSR count). The van der Waals surface area contributed by atoms with E-state index < -0.39 is 11.5 Å². The normalized spacial score (nSPS) is 19.4. The van der Waals surface area contributed by atoms with Gasteiger partial charge in [-0.3, -0.25) is 4.79 Å². The van der Waals surface area contributed by atoms with Crippen LogP contribution in [0.5, 0.6) is 0 Å². The van der Waals surface area contributed by atoms with Crippen LogP contribution >= 0.6 is 0 Å². The van der Waals surface area contributed by atoms with Gasteiger partial charge in [0, 0.05) is 14.1 Å². The molecule has 1 N–H and O–H groups in total. The monoisotopic (exact) mass is 275 g/mol. The highest BCUT2D eigenvalue weighted by Gasteiger charge is 2.43. The van der Waals surface area contributed by atoms with Crippen molar-refractivity contribution in [2.75, 3.05) is 14.1 Å². The number of nitrogens with zero attached hydrogens (tertiary/aromatic N) is 1. The predicted octanol–water partition coefficient (Wildman–Crippen LogP) is 2.86. The Kier molecular flexibility index (Phi) is 4.48. The van der Waals surface area contributed by atoms with Gasteiger partial charge >= 0.3 is 0 Å². The van der Waals surface area contributed by atoms with Crippen LogP contribution in [0.25, 0.3) is 0 Å². The van der Waals surface area contributed by atoms with Gasteiger partial charge in [-0.15, -0.1) is 0 Å². The molecule has 0 bridgehead atoms. The molecule has 1 saturated carbocycles. The number of hydrogen-bond acceptors (Lipinski definition) is 2. The van der Waals surface area contributed by atoms with Crippen LogP contribution in [0, 0.1) is 6.92 Å². The molecule has 3 heteroatoms. The first kappa shape index (κ1) is 15.0. The third-order valence-corrected chi connectivity index (χ3v) is 4.36. The fourth-order valence-electron chi connectivity index (χ4n) is 3.15. The number of likely N-dealkylation sites (N-methyl/N-ethyl adjacent to an activating group) is 1. The van der Waals surface area contributed by atoms with Crippen LogP contribution in [0.15, 0.2) is 24.3 Å². The fraction of sp³-hybridized carbons (Fsp3) is 0.588. The molecular formula is C17H25NO2. The van der Waals surface area contributed by atoms with Gasteiger partial charge in [0.2, 0.25) is 5.91 Å². The highest BCUT2D eigenvalue weighted by Crippen LogP contribution is 2.40. The summed E-state index contributed by atoms with van der Waals surface area (Å²) in [5, 5.41) is 11.0. The van der Waals surface area contributed by atoms with Gasteiger partial charge in [-0.2, -0.15) is 0 Å². The van der Waals surface area contributed by atoms with Gasteiger partial charge < -0.3 is 10.0 Å². The average molecular weight is 275 g/mol. The molecule has 0 heterocycles.